The van der Waals surface area contributed by atoms with Gasteiger partial charge in [-0.05, 0) is 11.1 Å². The quantitative estimate of drug-likeness (QED) is 0.901. The summed E-state index contributed by atoms with van der Waals surface area (Å²) in [5, 5.41) is 2.63. The van der Waals surface area contributed by atoms with Gasteiger partial charge in [-0.15, -0.1) is 0 Å². The number of benzene rings is 1. The molecule has 19 heavy (non-hydrogen) atoms. The monoisotopic (exact) mass is 261 g/mol. The van der Waals surface area contributed by atoms with Crippen LogP contribution >= 0.6 is 0 Å². The fourth-order valence-corrected chi connectivity index (χ4v) is 2.34. The van der Waals surface area contributed by atoms with E-state index in [0.29, 0.717) is 13.1 Å². The van der Waals surface area contributed by atoms with Gasteiger partial charge in [0.25, 0.3) is 0 Å². The molecule has 0 aliphatic carbocycles. The Hall–Kier alpha value is -2.17. The maximum absolute atomic E-state index is 13.9. The largest absolute Gasteiger partial charge is 0.371 e. The van der Waals surface area contributed by atoms with Crippen molar-refractivity contribution in [3.8, 4) is 0 Å². The lowest BCUT2D eigenvalue weighted by Gasteiger charge is -2.18. The third-order valence-corrected chi connectivity index (χ3v) is 3.29. The molecule has 1 aromatic heterocycles. The molecule has 5 heteroatoms. The van der Waals surface area contributed by atoms with Crippen molar-refractivity contribution in [2.75, 3.05) is 17.3 Å². The zero-order valence-electron chi connectivity index (χ0n) is 10.5. The molecule has 0 amide bonds. The predicted octanol–water partition coefficient (Wildman–Crippen LogP) is 2.92. The Morgan fingerprint density at radius 3 is 2.32 bits per heavy atom. The summed E-state index contributed by atoms with van der Waals surface area (Å²) in [5.41, 5.74) is 2.30. The molecule has 3 rings (SSSR count). The van der Waals surface area contributed by atoms with Crippen molar-refractivity contribution in [1.29, 1.82) is 0 Å². The number of anilines is 2. The topological polar surface area (TPSA) is 28.2 Å². The van der Waals surface area contributed by atoms with Crippen molar-refractivity contribution in [1.82, 2.24) is 4.98 Å². The smallest absolute Gasteiger partial charge is 0.168 e. The summed E-state index contributed by atoms with van der Waals surface area (Å²) in [6, 6.07) is 8.80. The predicted molar refractivity (Wildman–Crippen MR) is 70.0 cm³/mol. The van der Waals surface area contributed by atoms with Gasteiger partial charge in [0.2, 0.25) is 0 Å². The number of rotatable bonds is 2. The van der Waals surface area contributed by atoms with Crippen LogP contribution in [0.15, 0.2) is 30.3 Å². The first-order valence-corrected chi connectivity index (χ1v) is 6.04. The van der Waals surface area contributed by atoms with E-state index in [-0.39, 0.29) is 11.6 Å². The number of halogens is 2. The molecule has 0 atom stereocenters. The van der Waals surface area contributed by atoms with Crippen LogP contribution in [0.2, 0.25) is 0 Å². The van der Waals surface area contributed by atoms with Crippen molar-refractivity contribution in [2.45, 2.75) is 13.1 Å². The van der Waals surface area contributed by atoms with Gasteiger partial charge in [-0.2, -0.15) is 0 Å². The molecule has 1 aromatic carbocycles. The molecule has 0 unspecified atom stereocenters. The number of fused-ring (bicyclic) bond motifs is 1. The number of aromatic nitrogens is 1. The number of nitrogens with zero attached hydrogens (tertiary/aromatic N) is 2. The van der Waals surface area contributed by atoms with Crippen LogP contribution in [0, 0.1) is 11.6 Å². The first-order chi connectivity index (χ1) is 9.19. The van der Waals surface area contributed by atoms with Gasteiger partial charge in [0.15, 0.2) is 23.3 Å². The fraction of sp³-hybridized carbons (Fsp3) is 0.214. The third kappa shape index (κ3) is 2.01. The molecule has 0 spiro atoms. The van der Waals surface area contributed by atoms with Gasteiger partial charge in [0.1, 0.15) is 0 Å². The Balaban J connectivity index is 1.97. The lowest BCUT2D eigenvalue weighted by Crippen LogP contribution is -2.18. The number of pyridine rings is 1. The van der Waals surface area contributed by atoms with Gasteiger partial charge in [0, 0.05) is 26.2 Å². The van der Waals surface area contributed by atoms with Crippen molar-refractivity contribution in [2.24, 2.45) is 0 Å². The van der Waals surface area contributed by atoms with E-state index < -0.39 is 11.6 Å². The number of nitrogens with one attached hydrogen (secondary N) is 1. The highest BCUT2D eigenvalue weighted by atomic mass is 19.1. The van der Waals surface area contributed by atoms with Crippen LogP contribution < -0.4 is 10.2 Å². The normalized spacial score (nSPS) is 13.5. The summed E-state index contributed by atoms with van der Waals surface area (Å²) in [7, 11) is 1.56. The van der Waals surface area contributed by atoms with E-state index in [0.717, 1.165) is 17.2 Å². The van der Waals surface area contributed by atoms with Gasteiger partial charge in [-0.25, -0.2) is 13.8 Å². The lowest BCUT2D eigenvalue weighted by atomic mass is 10.1. The van der Waals surface area contributed by atoms with Crippen molar-refractivity contribution in [3.05, 3.63) is 53.1 Å². The second-order valence-corrected chi connectivity index (χ2v) is 4.50. The van der Waals surface area contributed by atoms with Gasteiger partial charge in [-0.3, -0.25) is 0 Å². The SMILES string of the molecule is CNc1nc(N2Cc3ccccc3C2)c(F)cc1F. The molecule has 0 saturated carbocycles. The molecular formula is C14H13F2N3. The van der Waals surface area contributed by atoms with Crippen molar-refractivity contribution in [3.63, 3.8) is 0 Å². The first kappa shape index (κ1) is 11.9. The maximum Gasteiger partial charge on any atom is 0.168 e. The van der Waals surface area contributed by atoms with Crippen LogP contribution in [0.3, 0.4) is 0 Å². The van der Waals surface area contributed by atoms with Crippen LogP contribution in [0.1, 0.15) is 11.1 Å². The van der Waals surface area contributed by atoms with E-state index in [2.05, 4.69) is 10.3 Å². The zero-order valence-corrected chi connectivity index (χ0v) is 10.5. The first-order valence-electron chi connectivity index (χ1n) is 6.04. The van der Waals surface area contributed by atoms with Crippen LogP contribution in [0.5, 0.6) is 0 Å². The van der Waals surface area contributed by atoms with E-state index in [1.54, 1.807) is 11.9 Å². The standard InChI is InChI=1S/C14H13F2N3/c1-17-13-11(15)6-12(16)14(18-13)19-7-9-4-2-3-5-10(9)8-19/h2-6H,7-8H2,1H3,(H,17,18). The molecule has 0 fully saturated rings. The molecular weight excluding hydrogens is 248 g/mol. The Kier molecular flexibility index (Phi) is 2.81. The Morgan fingerprint density at radius 2 is 1.74 bits per heavy atom. The number of hydrogen-bond donors (Lipinski definition) is 1. The second kappa shape index (κ2) is 4.50. The summed E-state index contributed by atoms with van der Waals surface area (Å²) in [6.07, 6.45) is 0. The minimum absolute atomic E-state index is 0.0624. The molecule has 98 valence electrons. The van der Waals surface area contributed by atoms with Crippen LogP contribution in [0.4, 0.5) is 20.4 Å². The fourth-order valence-electron chi connectivity index (χ4n) is 2.34. The molecule has 0 saturated heterocycles. The maximum atomic E-state index is 13.9. The van der Waals surface area contributed by atoms with Crippen LogP contribution in [-0.2, 0) is 13.1 Å². The minimum atomic E-state index is -0.680. The van der Waals surface area contributed by atoms with E-state index in [4.69, 9.17) is 0 Å². The summed E-state index contributed by atoms with van der Waals surface area (Å²) in [5.74, 6) is -1.07. The lowest BCUT2D eigenvalue weighted by molar-refractivity contribution is 0.571. The third-order valence-electron chi connectivity index (χ3n) is 3.29. The minimum Gasteiger partial charge on any atom is -0.371 e. The summed E-state index contributed by atoms with van der Waals surface area (Å²) in [4.78, 5) is 5.83. The van der Waals surface area contributed by atoms with Gasteiger partial charge in [0.05, 0.1) is 0 Å². The Morgan fingerprint density at radius 1 is 1.11 bits per heavy atom. The zero-order chi connectivity index (χ0) is 13.4. The van der Waals surface area contributed by atoms with E-state index in [9.17, 15) is 8.78 Å². The molecule has 1 aliphatic rings. The van der Waals surface area contributed by atoms with E-state index >= 15 is 0 Å². The molecule has 1 N–H and O–H groups in total. The van der Waals surface area contributed by atoms with Crippen LogP contribution in [-0.4, -0.2) is 12.0 Å². The molecule has 2 aromatic rings. The average Bonchev–Trinajstić information content (AvgIpc) is 2.82. The van der Waals surface area contributed by atoms with Crippen molar-refractivity contribution < 1.29 is 8.78 Å². The molecule has 0 radical (unpaired) electrons. The summed E-state index contributed by atoms with van der Waals surface area (Å²) in [6.45, 7) is 1.18. The second-order valence-electron chi connectivity index (χ2n) is 4.50. The van der Waals surface area contributed by atoms with Crippen molar-refractivity contribution >= 4 is 11.6 Å². The Bertz CT molecular complexity index is 603. The molecule has 2 heterocycles. The van der Waals surface area contributed by atoms with Crippen LogP contribution in [0.25, 0.3) is 0 Å². The van der Waals surface area contributed by atoms with E-state index in [1.807, 2.05) is 24.3 Å². The van der Waals surface area contributed by atoms with Gasteiger partial charge >= 0.3 is 0 Å². The average molecular weight is 261 g/mol. The number of hydrogen-bond acceptors (Lipinski definition) is 3. The van der Waals surface area contributed by atoms with Gasteiger partial charge in [-0.1, -0.05) is 24.3 Å². The Labute approximate surface area is 109 Å². The highest BCUT2D eigenvalue weighted by Crippen LogP contribution is 2.30. The molecule has 3 nitrogen and oxygen atoms in total. The highest BCUT2D eigenvalue weighted by Gasteiger charge is 2.23. The molecule has 0 bridgehead atoms. The van der Waals surface area contributed by atoms with Gasteiger partial charge < -0.3 is 10.2 Å². The van der Waals surface area contributed by atoms with E-state index in [1.165, 1.54) is 0 Å². The summed E-state index contributed by atoms with van der Waals surface area (Å²) >= 11 is 0. The molecule has 1 aliphatic heterocycles. The summed E-state index contributed by atoms with van der Waals surface area (Å²) < 4.78 is 27.3. The highest BCUT2D eigenvalue weighted by molar-refractivity contribution is 5.52.